The van der Waals surface area contributed by atoms with Gasteiger partial charge in [0.2, 0.25) is 0 Å². The van der Waals surface area contributed by atoms with Gasteiger partial charge in [-0.05, 0) is 33.7 Å². The summed E-state index contributed by atoms with van der Waals surface area (Å²) in [6.07, 6.45) is 0. The molecular formula is C23H22. The van der Waals surface area contributed by atoms with Crippen LogP contribution in [0.1, 0.15) is 53.5 Å². The average Bonchev–Trinajstić information content (AvgIpc) is 2.59. The summed E-state index contributed by atoms with van der Waals surface area (Å²) in [6.45, 7) is 4.67. The number of rotatable bonds is 2. The molecule has 3 aromatic rings. The van der Waals surface area contributed by atoms with Crippen LogP contribution in [0.25, 0.3) is 0 Å². The number of hydrogen-bond acceptors (Lipinski definition) is 0. The lowest BCUT2D eigenvalue weighted by Gasteiger charge is -2.36. The molecule has 3 aromatic carbocycles. The highest BCUT2D eigenvalue weighted by molar-refractivity contribution is 5.57. The fourth-order valence-electron chi connectivity index (χ4n) is 4.17. The van der Waals surface area contributed by atoms with Crippen molar-refractivity contribution in [3.05, 3.63) is 107 Å². The van der Waals surface area contributed by atoms with E-state index >= 15 is 0 Å². The molecule has 0 fully saturated rings. The minimum absolute atomic E-state index is 0.346. The van der Waals surface area contributed by atoms with Crippen LogP contribution in [0.4, 0.5) is 0 Å². The van der Waals surface area contributed by atoms with Crippen LogP contribution in [0.15, 0.2) is 78.9 Å². The first kappa shape index (κ1) is 14.3. The topological polar surface area (TPSA) is 0 Å². The van der Waals surface area contributed by atoms with E-state index < -0.39 is 0 Å². The van der Waals surface area contributed by atoms with E-state index in [1.165, 1.54) is 27.8 Å². The quantitative estimate of drug-likeness (QED) is 0.547. The Labute approximate surface area is 138 Å². The maximum Gasteiger partial charge on any atom is 0.0345 e. The molecular weight excluding hydrogens is 276 g/mol. The predicted octanol–water partition coefficient (Wildman–Crippen LogP) is 5.97. The molecule has 0 amide bonds. The van der Waals surface area contributed by atoms with E-state index in [9.17, 15) is 0 Å². The van der Waals surface area contributed by atoms with Crippen molar-refractivity contribution in [2.24, 2.45) is 5.92 Å². The minimum Gasteiger partial charge on any atom is -0.0622 e. The van der Waals surface area contributed by atoms with Gasteiger partial charge in [0.1, 0.15) is 0 Å². The van der Waals surface area contributed by atoms with Crippen molar-refractivity contribution < 1.29 is 0 Å². The Morgan fingerprint density at radius 1 is 0.565 bits per heavy atom. The van der Waals surface area contributed by atoms with E-state index in [0.717, 1.165) is 0 Å². The zero-order valence-corrected chi connectivity index (χ0v) is 13.7. The smallest absolute Gasteiger partial charge is 0.0345 e. The van der Waals surface area contributed by atoms with Gasteiger partial charge in [-0.15, -0.1) is 0 Å². The zero-order chi connectivity index (χ0) is 15.8. The Bertz CT molecular complexity index is 767. The van der Waals surface area contributed by atoms with Crippen LogP contribution < -0.4 is 0 Å². The molecule has 0 unspecified atom stereocenters. The van der Waals surface area contributed by atoms with E-state index in [2.05, 4.69) is 92.7 Å². The normalized spacial score (nSPS) is 19.3. The second-order valence-corrected chi connectivity index (χ2v) is 6.82. The van der Waals surface area contributed by atoms with Crippen molar-refractivity contribution in [1.29, 1.82) is 0 Å². The van der Waals surface area contributed by atoms with Gasteiger partial charge in [0, 0.05) is 11.8 Å². The molecule has 0 heteroatoms. The lowest BCUT2D eigenvalue weighted by Crippen LogP contribution is -2.22. The molecule has 0 spiro atoms. The first-order valence-corrected chi connectivity index (χ1v) is 8.50. The van der Waals surface area contributed by atoms with Crippen LogP contribution in [0.3, 0.4) is 0 Å². The summed E-state index contributed by atoms with van der Waals surface area (Å²) in [6, 6.07) is 28.9. The van der Waals surface area contributed by atoms with Gasteiger partial charge in [-0.2, -0.15) is 0 Å². The number of benzene rings is 3. The van der Waals surface area contributed by atoms with Crippen LogP contribution in [0.2, 0.25) is 0 Å². The van der Waals surface area contributed by atoms with Crippen molar-refractivity contribution in [3.8, 4) is 0 Å². The maximum absolute atomic E-state index is 2.33. The third kappa shape index (κ3) is 2.30. The largest absolute Gasteiger partial charge is 0.0622 e. The molecule has 0 radical (unpaired) electrons. The standard InChI is InChI=1S/C23H22/c1-16(2)22-18-12-6-8-14-20(18)23(17-10-4-3-5-11-17)21-15-9-7-13-19(21)22/h3-16,22-23H,1-2H3. The molecule has 0 saturated carbocycles. The van der Waals surface area contributed by atoms with Crippen molar-refractivity contribution in [1.82, 2.24) is 0 Å². The van der Waals surface area contributed by atoms with Gasteiger partial charge in [-0.1, -0.05) is 92.7 Å². The summed E-state index contributed by atoms with van der Waals surface area (Å²) in [7, 11) is 0. The first-order chi connectivity index (χ1) is 11.3. The highest BCUT2D eigenvalue weighted by Crippen LogP contribution is 2.48. The van der Waals surface area contributed by atoms with Gasteiger partial charge in [0.15, 0.2) is 0 Å². The Balaban J connectivity index is 2.01. The summed E-state index contributed by atoms with van der Waals surface area (Å²) in [5.74, 6) is 1.43. The van der Waals surface area contributed by atoms with Gasteiger partial charge in [0.05, 0.1) is 0 Å². The zero-order valence-electron chi connectivity index (χ0n) is 13.7. The Hall–Kier alpha value is -2.34. The van der Waals surface area contributed by atoms with Crippen molar-refractivity contribution in [3.63, 3.8) is 0 Å². The molecule has 1 aliphatic carbocycles. The predicted molar refractivity (Wildman–Crippen MR) is 97.0 cm³/mol. The molecule has 1 aliphatic rings. The average molecular weight is 298 g/mol. The van der Waals surface area contributed by atoms with Crippen LogP contribution in [-0.4, -0.2) is 0 Å². The lowest BCUT2D eigenvalue weighted by molar-refractivity contribution is 0.544. The summed E-state index contributed by atoms with van der Waals surface area (Å²) < 4.78 is 0. The second kappa shape index (κ2) is 5.70. The second-order valence-electron chi connectivity index (χ2n) is 6.82. The Kier molecular flexibility index (Phi) is 3.53. The molecule has 0 N–H and O–H groups in total. The van der Waals surface area contributed by atoms with Crippen molar-refractivity contribution >= 4 is 0 Å². The Morgan fingerprint density at radius 3 is 1.48 bits per heavy atom. The molecule has 23 heavy (non-hydrogen) atoms. The van der Waals surface area contributed by atoms with Gasteiger partial charge >= 0.3 is 0 Å². The maximum atomic E-state index is 2.33. The molecule has 0 saturated heterocycles. The summed E-state index contributed by atoms with van der Waals surface area (Å²) in [5.41, 5.74) is 7.31. The van der Waals surface area contributed by atoms with E-state index in [1.54, 1.807) is 0 Å². The van der Waals surface area contributed by atoms with E-state index in [1.807, 2.05) is 0 Å². The minimum atomic E-state index is 0.346. The highest BCUT2D eigenvalue weighted by atomic mass is 14.4. The van der Waals surface area contributed by atoms with Crippen LogP contribution in [-0.2, 0) is 0 Å². The Morgan fingerprint density at radius 2 is 1.00 bits per heavy atom. The lowest BCUT2D eigenvalue weighted by atomic mass is 9.67. The third-order valence-corrected chi connectivity index (χ3v) is 5.08. The van der Waals surface area contributed by atoms with Crippen LogP contribution >= 0.6 is 0 Å². The SMILES string of the molecule is CC(C)C1c2ccccc2C(c2ccccc2)c2ccccc21. The molecule has 114 valence electrons. The van der Waals surface area contributed by atoms with Crippen LogP contribution in [0, 0.1) is 5.92 Å². The molecule has 0 bridgehead atoms. The van der Waals surface area contributed by atoms with E-state index in [0.29, 0.717) is 17.8 Å². The first-order valence-electron chi connectivity index (χ1n) is 8.50. The molecule has 0 aromatic heterocycles. The fourth-order valence-corrected chi connectivity index (χ4v) is 4.17. The van der Waals surface area contributed by atoms with E-state index in [-0.39, 0.29) is 0 Å². The van der Waals surface area contributed by atoms with Gasteiger partial charge in [0.25, 0.3) is 0 Å². The van der Waals surface area contributed by atoms with E-state index in [4.69, 9.17) is 0 Å². The third-order valence-electron chi connectivity index (χ3n) is 5.08. The molecule has 0 heterocycles. The van der Waals surface area contributed by atoms with Crippen LogP contribution in [0.5, 0.6) is 0 Å². The van der Waals surface area contributed by atoms with Crippen molar-refractivity contribution in [2.45, 2.75) is 25.7 Å². The molecule has 0 aliphatic heterocycles. The molecule has 0 atom stereocenters. The molecule has 4 rings (SSSR count). The number of fused-ring (bicyclic) bond motifs is 2. The van der Waals surface area contributed by atoms with Gasteiger partial charge < -0.3 is 0 Å². The fraction of sp³-hybridized carbons (Fsp3) is 0.217. The monoisotopic (exact) mass is 298 g/mol. The number of hydrogen-bond donors (Lipinski definition) is 0. The molecule has 0 nitrogen and oxygen atoms in total. The van der Waals surface area contributed by atoms with Crippen molar-refractivity contribution in [2.75, 3.05) is 0 Å². The van der Waals surface area contributed by atoms with Gasteiger partial charge in [-0.3, -0.25) is 0 Å². The summed E-state index contributed by atoms with van der Waals surface area (Å²) >= 11 is 0. The highest BCUT2D eigenvalue weighted by Gasteiger charge is 2.33. The van der Waals surface area contributed by atoms with Gasteiger partial charge in [-0.25, -0.2) is 0 Å². The summed E-state index contributed by atoms with van der Waals surface area (Å²) in [5, 5.41) is 0. The summed E-state index contributed by atoms with van der Waals surface area (Å²) in [4.78, 5) is 0.